The summed E-state index contributed by atoms with van der Waals surface area (Å²) in [5.74, 6) is -0.959. The van der Waals surface area contributed by atoms with E-state index in [-0.39, 0.29) is 5.56 Å². The van der Waals surface area contributed by atoms with E-state index in [1.165, 1.54) is 23.9 Å². The number of carbonyl (C=O) groups is 1. The lowest BCUT2D eigenvalue weighted by atomic mass is 10.1. The highest BCUT2D eigenvalue weighted by molar-refractivity contribution is 7.98. The molecule has 0 spiro atoms. The van der Waals surface area contributed by atoms with Gasteiger partial charge >= 0.3 is 5.97 Å². The minimum absolute atomic E-state index is 0.253. The number of hydrogen-bond donors (Lipinski definition) is 1. The van der Waals surface area contributed by atoms with Crippen LogP contribution in [-0.4, -0.2) is 25.8 Å². The lowest BCUT2D eigenvalue weighted by molar-refractivity contribution is -0.131. The summed E-state index contributed by atoms with van der Waals surface area (Å²) in [6.45, 7) is 0. The lowest BCUT2D eigenvalue weighted by Crippen LogP contribution is -1.92. The van der Waals surface area contributed by atoms with Crippen LogP contribution in [0.5, 0.6) is 0 Å². The van der Waals surface area contributed by atoms with Crippen LogP contribution >= 0.6 is 11.8 Å². The molecule has 2 rings (SSSR count). The summed E-state index contributed by atoms with van der Waals surface area (Å²) < 4.78 is 15.3. The van der Waals surface area contributed by atoms with Gasteiger partial charge in [-0.25, -0.2) is 9.18 Å². The normalized spacial score (nSPS) is 11.1. The zero-order chi connectivity index (χ0) is 14.5. The molecule has 0 atom stereocenters. The van der Waals surface area contributed by atoms with Crippen molar-refractivity contribution < 1.29 is 14.3 Å². The Morgan fingerprint density at radius 3 is 3.00 bits per heavy atom. The van der Waals surface area contributed by atoms with Gasteiger partial charge in [-0.1, -0.05) is 17.8 Å². The average molecular weight is 293 g/mol. The minimum Gasteiger partial charge on any atom is -0.478 e. The predicted octanol–water partition coefficient (Wildman–Crippen LogP) is 2.34. The van der Waals surface area contributed by atoms with E-state index in [1.54, 1.807) is 23.0 Å². The van der Waals surface area contributed by atoms with E-state index in [0.717, 1.165) is 16.8 Å². The number of benzene rings is 1. The Labute approximate surface area is 119 Å². The predicted molar refractivity (Wildman–Crippen MR) is 73.6 cm³/mol. The number of aromatic nitrogens is 3. The largest absolute Gasteiger partial charge is 0.478 e. The Hall–Kier alpha value is -2.15. The van der Waals surface area contributed by atoms with Crippen LogP contribution in [0, 0.1) is 5.82 Å². The third-order valence-corrected chi connectivity index (χ3v) is 3.61. The Morgan fingerprint density at radius 1 is 1.55 bits per heavy atom. The Balaban J connectivity index is 2.11. The number of carboxylic acid groups (broad SMARTS) is 1. The zero-order valence-corrected chi connectivity index (χ0v) is 11.5. The van der Waals surface area contributed by atoms with Gasteiger partial charge in [0.2, 0.25) is 0 Å². The summed E-state index contributed by atoms with van der Waals surface area (Å²) in [6.07, 6.45) is 3.76. The number of rotatable bonds is 5. The van der Waals surface area contributed by atoms with Crippen molar-refractivity contribution in [3.05, 3.63) is 47.5 Å². The van der Waals surface area contributed by atoms with Crippen LogP contribution in [0.3, 0.4) is 0 Å². The van der Waals surface area contributed by atoms with Gasteiger partial charge in [-0.05, 0) is 23.8 Å². The molecule has 0 aliphatic heterocycles. The molecular weight excluding hydrogens is 281 g/mol. The molecule has 5 nitrogen and oxygen atoms in total. The third kappa shape index (κ3) is 3.67. The maximum atomic E-state index is 13.5. The summed E-state index contributed by atoms with van der Waals surface area (Å²) in [4.78, 5) is 10.5. The molecule has 0 aliphatic carbocycles. The van der Waals surface area contributed by atoms with E-state index in [1.807, 2.05) is 7.05 Å². The molecular formula is C13H12FN3O2S. The van der Waals surface area contributed by atoms with Crippen molar-refractivity contribution in [3.8, 4) is 0 Å². The number of halogens is 1. The van der Waals surface area contributed by atoms with Gasteiger partial charge in [-0.2, -0.15) is 0 Å². The zero-order valence-electron chi connectivity index (χ0n) is 10.7. The van der Waals surface area contributed by atoms with Gasteiger partial charge in [0.25, 0.3) is 0 Å². The second-order valence-corrected chi connectivity index (χ2v) is 4.98. The van der Waals surface area contributed by atoms with Crippen molar-refractivity contribution in [2.75, 3.05) is 0 Å². The summed E-state index contributed by atoms with van der Waals surface area (Å²) in [5.41, 5.74) is 1.13. The van der Waals surface area contributed by atoms with Crippen LogP contribution < -0.4 is 0 Å². The molecule has 0 aliphatic rings. The highest BCUT2D eigenvalue weighted by atomic mass is 32.2. The van der Waals surface area contributed by atoms with Crippen LogP contribution in [0.4, 0.5) is 4.39 Å². The van der Waals surface area contributed by atoms with Crippen molar-refractivity contribution >= 4 is 23.8 Å². The van der Waals surface area contributed by atoms with E-state index in [2.05, 4.69) is 10.2 Å². The van der Waals surface area contributed by atoms with Gasteiger partial charge in [0, 0.05) is 24.4 Å². The highest BCUT2D eigenvalue weighted by Gasteiger charge is 2.05. The third-order valence-electron chi connectivity index (χ3n) is 2.50. The number of thioether (sulfide) groups is 1. The van der Waals surface area contributed by atoms with E-state index in [4.69, 9.17) is 5.11 Å². The van der Waals surface area contributed by atoms with Crippen molar-refractivity contribution in [2.45, 2.75) is 10.9 Å². The van der Waals surface area contributed by atoms with Crippen LogP contribution in [0.1, 0.15) is 11.1 Å². The first-order chi connectivity index (χ1) is 9.56. The fourth-order valence-corrected chi connectivity index (χ4v) is 2.35. The first kappa shape index (κ1) is 14.3. The summed E-state index contributed by atoms with van der Waals surface area (Å²) in [5, 5.41) is 17.0. The van der Waals surface area contributed by atoms with Crippen molar-refractivity contribution in [1.29, 1.82) is 0 Å². The molecule has 104 valence electrons. The minimum atomic E-state index is -1.11. The monoisotopic (exact) mass is 293 g/mol. The Morgan fingerprint density at radius 2 is 2.35 bits per heavy atom. The molecule has 1 aromatic heterocycles. The van der Waals surface area contributed by atoms with Gasteiger partial charge < -0.3 is 9.67 Å². The van der Waals surface area contributed by atoms with Crippen LogP contribution in [0.25, 0.3) is 6.08 Å². The first-order valence-corrected chi connectivity index (χ1v) is 6.71. The second kappa shape index (κ2) is 6.33. The summed E-state index contributed by atoms with van der Waals surface area (Å²) >= 11 is 1.47. The highest BCUT2D eigenvalue weighted by Crippen LogP contribution is 2.22. The SMILES string of the molecule is Cn1cnnc1SCc1ccc(F)c(C=CC(=O)O)c1. The van der Waals surface area contributed by atoms with Gasteiger partial charge in [0.15, 0.2) is 5.16 Å². The molecule has 1 heterocycles. The lowest BCUT2D eigenvalue weighted by Gasteiger charge is -2.03. The first-order valence-electron chi connectivity index (χ1n) is 5.72. The number of hydrogen-bond acceptors (Lipinski definition) is 4. The summed E-state index contributed by atoms with van der Waals surface area (Å²) in [7, 11) is 1.84. The van der Waals surface area contributed by atoms with Crippen LogP contribution in [-0.2, 0) is 17.6 Å². The molecule has 0 saturated heterocycles. The molecule has 0 unspecified atom stereocenters. The standard InChI is InChI=1S/C13H12FN3O2S/c1-17-8-15-16-13(17)20-7-9-2-4-11(14)10(6-9)3-5-12(18)19/h2-6,8H,7H2,1H3,(H,18,19). The molecule has 0 saturated carbocycles. The molecule has 1 aromatic carbocycles. The maximum Gasteiger partial charge on any atom is 0.328 e. The molecule has 20 heavy (non-hydrogen) atoms. The van der Waals surface area contributed by atoms with E-state index in [9.17, 15) is 9.18 Å². The second-order valence-electron chi connectivity index (χ2n) is 4.04. The number of aliphatic carboxylic acids is 1. The van der Waals surface area contributed by atoms with Gasteiger partial charge in [0.05, 0.1) is 0 Å². The molecule has 0 amide bonds. The fraction of sp³-hybridized carbons (Fsp3) is 0.154. The Bertz CT molecular complexity index is 655. The molecule has 2 aromatic rings. The smallest absolute Gasteiger partial charge is 0.328 e. The number of aryl methyl sites for hydroxylation is 1. The van der Waals surface area contributed by atoms with Crippen molar-refractivity contribution in [3.63, 3.8) is 0 Å². The molecule has 0 radical (unpaired) electrons. The number of nitrogens with zero attached hydrogens (tertiary/aromatic N) is 3. The quantitative estimate of drug-likeness (QED) is 0.677. The fourth-order valence-electron chi connectivity index (χ4n) is 1.52. The van der Waals surface area contributed by atoms with E-state index in [0.29, 0.717) is 5.75 Å². The Kier molecular flexibility index (Phi) is 4.52. The van der Waals surface area contributed by atoms with E-state index >= 15 is 0 Å². The van der Waals surface area contributed by atoms with Crippen molar-refractivity contribution in [1.82, 2.24) is 14.8 Å². The molecule has 0 fully saturated rings. The van der Waals surface area contributed by atoms with Gasteiger partial charge in [0.1, 0.15) is 12.1 Å². The van der Waals surface area contributed by atoms with E-state index < -0.39 is 11.8 Å². The maximum absolute atomic E-state index is 13.5. The molecule has 7 heteroatoms. The topological polar surface area (TPSA) is 68.0 Å². The average Bonchev–Trinajstić information content (AvgIpc) is 2.81. The van der Waals surface area contributed by atoms with Crippen LogP contribution in [0.15, 0.2) is 35.8 Å². The van der Waals surface area contributed by atoms with Crippen molar-refractivity contribution in [2.24, 2.45) is 7.05 Å². The van der Waals surface area contributed by atoms with Crippen LogP contribution in [0.2, 0.25) is 0 Å². The summed E-state index contributed by atoms with van der Waals surface area (Å²) in [6, 6.07) is 4.61. The van der Waals surface area contributed by atoms with Gasteiger partial charge in [-0.3, -0.25) is 0 Å². The molecule has 0 bridgehead atoms. The van der Waals surface area contributed by atoms with Gasteiger partial charge in [-0.15, -0.1) is 10.2 Å². The number of carboxylic acids is 1. The molecule has 1 N–H and O–H groups in total.